The molecule has 3 aromatic heterocycles. The molecule has 0 aliphatic rings. The first kappa shape index (κ1) is 11.9. The van der Waals surface area contributed by atoms with E-state index in [-0.39, 0.29) is 12.1 Å². The minimum Gasteiger partial charge on any atom is -0.308 e. The van der Waals surface area contributed by atoms with Crippen molar-refractivity contribution in [3.63, 3.8) is 0 Å². The van der Waals surface area contributed by atoms with Crippen LogP contribution in [0.15, 0.2) is 35.4 Å². The van der Waals surface area contributed by atoms with Gasteiger partial charge in [0.05, 0.1) is 18.1 Å². The van der Waals surface area contributed by atoms with Crippen molar-refractivity contribution in [3.05, 3.63) is 51.9 Å². The van der Waals surface area contributed by atoms with Crippen LogP contribution in [0.2, 0.25) is 5.15 Å². The molecule has 0 unspecified atom stereocenters. The van der Waals surface area contributed by atoms with Crippen LogP contribution in [-0.2, 0) is 13.6 Å². The van der Waals surface area contributed by atoms with Gasteiger partial charge < -0.3 is 4.57 Å². The molecule has 0 aromatic carbocycles. The highest BCUT2D eigenvalue weighted by Gasteiger charge is 2.10. The lowest BCUT2D eigenvalue weighted by molar-refractivity contribution is 0.711. The standard InChI is InChI=1S/C12H10ClN5O/c1-17-12-8(6-14-17)11(13)15-9(16-12)7-18-5-3-2-4-10(18)19/h2-6H,7H2,1H3. The Hall–Kier alpha value is -2.21. The summed E-state index contributed by atoms with van der Waals surface area (Å²) in [5, 5.41) is 5.13. The van der Waals surface area contributed by atoms with Gasteiger partial charge in [-0.2, -0.15) is 5.10 Å². The second-order valence-corrected chi connectivity index (χ2v) is 4.46. The lowest BCUT2D eigenvalue weighted by Gasteiger charge is -2.05. The second-order valence-electron chi connectivity index (χ2n) is 4.10. The van der Waals surface area contributed by atoms with E-state index in [0.29, 0.717) is 22.0 Å². The monoisotopic (exact) mass is 275 g/mol. The number of fused-ring (bicyclic) bond motifs is 1. The fourth-order valence-corrected chi connectivity index (χ4v) is 2.08. The Morgan fingerprint density at radius 2 is 2.16 bits per heavy atom. The lowest BCUT2D eigenvalue weighted by Crippen LogP contribution is -2.19. The zero-order chi connectivity index (χ0) is 13.4. The van der Waals surface area contributed by atoms with E-state index in [1.54, 1.807) is 36.3 Å². The molecule has 3 heterocycles. The van der Waals surface area contributed by atoms with Crippen molar-refractivity contribution in [2.24, 2.45) is 7.05 Å². The molecule has 6 nitrogen and oxygen atoms in total. The molecular formula is C12H10ClN5O. The fraction of sp³-hybridized carbons (Fsp3) is 0.167. The van der Waals surface area contributed by atoms with Gasteiger partial charge in [0.25, 0.3) is 5.56 Å². The van der Waals surface area contributed by atoms with Gasteiger partial charge in [-0.15, -0.1) is 0 Å². The van der Waals surface area contributed by atoms with Crippen LogP contribution >= 0.6 is 11.6 Å². The SMILES string of the molecule is Cn1ncc2c(Cl)nc(Cn3ccccc3=O)nc21. The van der Waals surface area contributed by atoms with E-state index in [2.05, 4.69) is 15.1 Å². The number of pyridine rings is 1. The van der Waals surface area contributed by atoms with Gasteiger partial charge in [0.2, 0.25) is 0 Å². The number of hydrogen-bond donors (Lipinski definition) is 0. The van der Waals surface area contributed by atoms with Gasteiger partial charge in [-0.1, -0.05) is 17.7 Å². The Balaban J connectivity index is 2.09. The van der Waals surface area contributed by atoms with E-state index in [0.717, 1.165) is 0 Å². The van der Waals surface area contributed by atoms with E-state index in [9.17, 15) is 4.79 Å². The number of aromatic nitrogens is 5. The molecule has 19 heavy (non-hydrogen) atoms. The molecule has 0 saturated carbocycles. The summed E-state index contributed by atoms with van der Waals surface area (Å²) in [6, 6.07) is 4.97. The van der Waals surface area contributed by atoms with Crippen LogP contribution in [0, 0.1) is 0 Å². The number of hydrogen-bond acceptors (Lipinski definition) is 4. The van der Waals surface area contributed by atoms with Gasteiger partial charge in [-0.25, -0.2) is 9.97 Å². The van der Waals surface area contributed by atoms with E-state index in [4.69, 9.17) is 11.6 Å². The molecule has 0 bridgehead atoms. The Bertz CT molecular complexity index is 807. The van der Waals surface area contributed by atoms with Gasteiger partial charge in [-0.05, 0) is 6.07 Å². The average Bonchev–Trinajstić information content (AvgIpc) is 2.75. The molecule has 3 aromatic rings. The highest BCUT2D eigenvalue weighted by molar-refractivity contribution is 6.33. The van der Waals surface area contributed by atoms with Crippen LogP contribution in [0.1, 0.15) is 5.82 Å². The zero-order valence-electron chi connectivity index (χ0n) is 10.1. The van der Waals surface area contributed by atoms with Crippen molar-refractivity contribution in [1.29, 1.82) is 0 Å². The summed E-state index contributed by atoms with van der Waals surface area (Å²) in [4.78, 5) is 20.2. The van der Waals surface area contributed by atoms with E-state index >= 15 is 0 Å². The second kappa shape index (κ2) is 4.47. The smallest absolute Gasteiger partial charge is 0.250 e. The van der Waals surface area contributed by atoms with Crippen molar-refractivity contribution in [2.75, 3.05) is 0 Å². The summed E-state index contributed by atoms with van der Waals surface area (Å²) in [5.74, 6) is 0.481. The highest BCUT2D eigenvalue weighted by atomic mass is 35.5. The minimum atomic E-state index is -0.104. The van der Waals surface area contributed by atoms with Crippen LogP contribution in [0.5, 0.6) is 0 Å². The molecule has 0 aliphatic heterocycles. The molecule has 0 saturated heterocycles. The first-order valence-corrected chi connectivity index (χ1v) is 6.02. The quantitative estimate of drug-likeness (QED) is 0.660. The number of rotatable bonds is 2. The molecule has 0 atom stereocenters. The Labute approximate surface area is 113 Å². The molecule has 0 aliphatic carbocycles. The molecule has 0 radical (unpaired) electrons. The maximum atomic E-state index is 11.6. The first-order chi connectivity index (χ1) is 9.15. The average molecular weight is 276 g/mol. The summed E-state index contributed by atoms with van der Waals surface area (Å²) < 4.78 is 3.15. The molecule has 0 fully saturated rings. The van der Waals surface area contributed by atoms with Crippen molar-refractivity contribution < 1.29 is 0 Å². The predicted molar refractivity (Wildman–Crippen MR) is 71.1 cm³/mol. The number of halogens is 1. The molecule has 0 N–H and O–H groups in total. The maximum absolute atomic E-state index is 11.6. The summed E-state index contributed by atoms with van der Waals surface area (Å²) in [6.45, 7) is 0.278. The van der Waals surface area contributed by atoms with Gasteiger partial charge in [0.15, 0.2) is 11.5 Å². The topological polar surface area (TPSA) is 65.6 Å². The molecule has 3 rings (SSSR count). The Morgan fingerprint density at radius 1 is 1.32 bits per heavy atom. The van der Waals surface area contributed by atoms with Crippen molar-refractivity contribution >= 4 is 22.6 Å². The molecule has 0 spiro atoms. The van der Waals surface area contributed by atoms with E-state index < -0.39 is 0 Å². The van der Waals surface area contributed by atoms with Crippen molar-refractivity contribution in [2.45, 2.75) is 6.54 Å². The molecular weight excluding hydrogens is 266 g/mol. The summed E-state index contributed by atoms with van der Waals surface area (Å²) >= 11 is 6.09. The normalized spacial score (nSPS) is 11.1. The van der Waals surface area contributed by atoms with Crippen molar-refractivity contribution in [1.82, 2.24) is 24.3 Å². The largest absolute Gasteiger partial charge is 0.308 e. The maximum Gasteiger partial charge on any atom is 0.250 e. The van der Waals surface area contributed by atoms with Crippen molar-refractivity contribution in [3.8, 4) is 0 Å². The fourth-order valence-electron chi connectivity index (χ4n) is 1.84. The molecule has 0 amide bonds. The van der Waals surface area contributed by atoms with Gasteiger partial charge in [0.1, 0.15) is 5.15 Å². The first-order valence-electron chi connectivity index (χ1n) is 5.65. The third-order valence-electron chi connectivity index (χ3n) is 2.80. The van der Waals surface area contributed by atoms with Crippen LogP contribution < -0.4 is 5.56 Å². The third-order valence-corrected chi connectivity index (χ3v) is 3.09. The van der Waals surface area contributed by atoms with Crippen LogP contribution in [-0.4, -0.2) is 24.3 Å². The predicted octanol–water partition coefficient (Wildman–Crippen LogP) is 1.23. The molecule has 7 heteroatoms. The summed E-state index contributed by atoms with van der Waals surface area (Å²) in [7, 11) is 1.78. The summed E-state index contributed by atoms with van der Waals surface area (Å²) in [6.07, 6.45) is 3.31. The minimum absolute atomic E-state index is 0.104. The van der Waals surface area contributed by atoms with Gasteiger partial charge in [-0.3, -0.25) is 9.48 Å². The van der Waals surface area contributed by atoms with Gasteiger partial charge >= 0.3 is 0 Å². The van der Waals surface area contributed by atoms with Gasteiger partial charge in [0, 0.05) is 19.3 Å². The number of nitrogens with zero attached hydrogens (tertiary/aromatic N) is 5. The Morgan fingerprint density at radius 3 is 2.95 bits per heavy atom. The van der Waals surface area contributed by atoms with Crippen LogP contribution in [0.4, 0.5) is 0 Å². The van der Waals surface area contributed by atoms with Crippen LogP contribution in [0.25, 0.3) is 11.0 Å². The van der Waals surface area contributed by atoms with Crippen LogP contribution in [0.3, 0.4) is 0 Å². The zero-order valence-corrected chi connectivity index (χ0v) is 10.9. The Kier molecular flexibility index (Phi) is 2.79. The number of aryl methyl sites for hydroxylation is 1. The lowest BCUT2D eigenvalue weighted by atomic mass is 10.4. The van der Waals surface area contributed by atoms with E-state index in [1.165, 1.54) is 10.6 Å². The summed E-state index contributed by atoms with van der Waals surface area (Å²) in [5.41, 5.74) is 0.548. The highest BCUT2D eigenvalue weighted by Crippen LogP contribution is 2.19. The van der Waals surface area contributed by atoms with E-state index in [1.807, 2.05) is 0 Å². The third kappa shape index (κ3) is 2.10. The molecule has 96 valence electrons.